The van der Waals surface area contributed by atoms with Crippen molar-refractivity contribution in [2.45, 2.75) is 44.6 Å². The molecule has 100 valence electrons. The van der Waals surface area contributed by atoms with E-state index >= 15 is 0 Å². The van der Waals surface area contributed by atoms with Gasteiger partial charge in [-0.2, -0.15) is 0 Å². The van der Waals surface area contributed by atoms with Crippen LogP contribution in [0.3, 0.4) is 0 Å². The lowest BCUT2D eigenvalue weighted by atomic mass is 9.82. The predicted molar refractivity (Wildman–Crippen MR) is 71.5 cm³/mol. The molecule has 1 aromatic rings. The van der Waals surface area contributed by atoms with Crippen LogP contribution < -0.4 is 9.47 Å². The number of benzene rings is 1. The molecule has 1 aliphatic carbocycles. The maximum atomic E-state index is 9.59. The summed E-state index contributed by atoms with van der Waals surface area (Å²) in [4.78, 5) is 0. The van der Waals surface area contributed by atoms with E-state index in [-0.39, 0.29) is 6.10 Å². The number of aliphatic hydroxyl groups is 1. The van der Waals surface area contributed by atoms with Crippen molar-refractivity contribution >= 4 is 0 Å². The van der Waals surface area contributed by atoms with Gasteiger partial charge in [-0.05, 0) is 50.2 Å². The van der Waals surface area contributed by atoms with Gasteiger partial charge in [0.2, 0.25) is 0 Å². The molecule has 0 saturated heterocycles. The predicted octanol–water partition coefficient (Wildman–Crippen LogP) is 3.03. The van der Waals surface area contributed by atoms with Crippen LogP contribution >= 0.6 is 0 Å². The van der Waals surface area contributed by atoms with E-state index in [1.165, 1.54) is 5.56 Å². The van der Waals surface area contributed by atoms with E-state index in [2.05, 4.69) is 6.07 Å². The van der Waals surface area contributed by atoms with Gasteiger partial charge in [-0.25, -0.2) is 0 Å². The number of rotatable bonds is 3. The summed E-state index contributed by atoms with van der Waals surface area (Å²) in [5.74, 6) is 2.30. The van der Waals surface area contributed by atoms with Gasteiger partial charge in [-0.3, -0.25) is 0 Å². The van der Waals surface area contributed by atoms with Crippen molar-refractivity contribution in [3.8, 4) is 11.5 Å². The van der Waals surface area contributed by atoms with Crippen LogP contribution in [-0.4, -0.2) is 25.4 Å². The second kappa shape index (κ2) is 5.61. The van der Waals surface area contributed by atoms with Crippen LogP contribution in [0.4, 0.5) is 0 Å². The molecule has 0 aromatic heterocycles. The van der Waals surface area contributed by atoms with E-state index < -0.39 is 0 Å². The van der Waals surface area contributed by atoms with Gasteiger partial charge in [0.25, 0.3) is 0 Å². The lowest BCUT2D eigenvalue weighted by molar-refractivity contribution is 0.122. The molecule has 0 heterocycles. The SMILES string of the molecule is COc1ccc(C2CCC(O)CC2)c(OC)c1C. The van der Waals surface area contributed by atoms with Gasteiger partial charge in [0.05, 0.1) is 20.3 Å². The number of hydrogen-bond donors (Lipinski definition) is 1. The Bertz CT molecular complexity index is 406. The molecule has 1 aliphatic rings. The number of hydrogen-bond acceptors (Lipinski definition) is 3. The van der Waals surface area contributed by atoms with Gasteiger partial charge in [-0.15, -0.1) is 0 Å². The molecule has 0 amide bonds. The summed E-state index contributed by atoms with van der Waals surface area (Å²) in [5.41, 5.74) is 2.31. The van der Waals surface area contributed by atoms with Gasteiger partial charge >= 0.3 is 0 Å². The van der Waals surface area contributed by atoms with Crippen LogP contribution in [0.5, 0.6) is 11.5 Å². The van der Waals surface area contributed by atoms with Gasteiger partial charge in [0.15, 0.2) is 0 Å². The molecule has 1 aromatic carbocycles. The van der Waals surface area contributed by atoms with E-state index in [1.54, 1.807) is 14.2 Å². The molecule has 0 atom stereocenters. The second-order valence-electron chi connectivity index (χ2n) is 5.02. The fourth-order valence-electron chi connectivity index (χ4n) is 2.89. The average Bonchev–Trinajstić information content (AvgIpc) is 2.39. The highest BCUT2D eigenvalue weighted by Gasteiger charge is 2.24. The van der Waals surface area contributed by atoms with Gasteiger partial charge in [0.1, 0.15) is 11.5 Å². The first-order chi connectivity index (χ1) is 8.67. The van der Waals surface area contributed by atoms with Crippen molar-refractivity contribution in [2.75, 3.05) is 14.2 Å². The molecule has 1 fully saturated rings. The molecule has 3 nitrogen and oxygen atoms in total. The summed E-state index contributed by atoms with van der Waals surface area (Å²) in [5, 5.41) is 9.59. The van der Waals surface area contributed by atoms with Gasteiger partial charge < -0.3 is 14.6 Å². The lowest BCUT2D eigenvalue weighted by Gasteiger charge is -2.27. The largest absolute Gasteiger partial charge is 0.496 e. The second-order valence-corrected chi connectivity index (χ2v) is 5.02. The molecule has 0 bridgehead atoms. The Hall–Kier alpha value is -1.22. The molecule has 18 heavy (non-hydrogen) atoms. The summed E-state index contributed by atoms with van der Waals surface area (Å²) in [6.07, 6.45) is 3.72. The number of ether oxygens (including phenoxy) is 2. The van der Waals surface area contributed by atoms with E-state index in [9.17, 15) is 5.11 Å². The third kappa shape index (κ3) is 2.46. The number of methoxy groups -OCH3 is 2. The maximum absolute atomic E-state index is 9.59. The fraction of sp³-hybridized carbons (Fsp3) is 0.600. The third-order valence-electron chi connectivity index (χ3n) is 3.95. The van der Waals surface area contributed by atoms with Crippen LogP contribution in [0.25, 0.3) is 0 Å². The minimum Gasteiger partial charge on any atom is -0.496 e. The summed E-state index contributed by atoms with van der Waals surface area (Å²) >= 11 is 0. The highest BCUT2D eigenvalue weighted by atomic mass is 16.5. The fourth-order valence-corrected chi connectivity index (χ4v) is 2.89. The topological polar surface area (TPSA) is 38.7 Å². The van der Waals surface area contributed by atoms with Crippen molar-refractivity contribution in [2.24, 2.45) is 0 Å². The highest BCUT2D eigenvalue weighted by molar-refractivity contribution is 5.50. The standard InChI is InChI=1S/C15H22O3/c1-10-14(17-2)9-8-13(15(10)18-3)11-4-6-12(16)7-5-11/h8-9,11-12,16H,4-7H2,1-3H3. The van der Waals surface area contributed by atoms with Crippen LogP contribution in [0.1, 0.15) is 42.7 Å². The summed E-state index contributed by atoms with van der Waals surface area (Å²) in [6.45, 7) is 2.03. The summed E-state index contributed by atoms with van der Waals surface area (Å²) in [7, 11) is 3.39. The molecule has 0 aliphatic heterocycles. The van der Waals surface area contributed by atoms with Crippen molar-refractivity contribution < 1.29 is 14.6 Å². The monoisotopic (exact) mass is 250 g/mol. The molecule has 0 radical (unpaired) electrons. The Balaban J connectivity index is 2.30. The van der Waals surface area contributed by atoms with Crippen LogP contribution in [0, 0.1) is 6.92 Å². The normalized spacial score (nSPS) is 23.8. The molecular formula is C15H22O3. The summed E-state index contributed by atoms with van der Waals surface area (Å²) in [6, 6.07) is 4.12. The van der Waals surface area contributed by atoms with Crippen molar-refractivity contribution in [1.29, 1.82) is 0 Å². The quantitative estimate of drug-likeness (QED) is 0.896. The van der Waals surface area contributed by atoms with Crippen molar-refractivity contribution in [3.05, 3.63) is 23.3 Å². The van der Waals surface area contributed by atoms with Gasteiger partial charge in [0, 0.05) is 5.56 Å². The zero-order valence-corrected chi connectivity index (χ0v) is 11.4. The zero-order valence-electron chi connectivity index (χ0n) is 11.4. The minimum absolute atomic E-state index is 0.119. The van der Waals surface area contributed by atoms with Crippen molar-refractivity contribution in [1.82, 2.24) is 0 Å². The van der Waals surface area contributed by atoms with E-state index in [0.29, 0.717) is 5.92 Å². The maximum Gasteiger partial charge on any atom is 0.128 e. The lowest BCUT2D eigenvalue weighted by Crippen LogP contribution is -2.17. The van der Waals surface area contributed by atoms with Crippen molar-refractivity contribution in [3.63, 3.8) is 0 Å². The Labute approximate surface area is 109 Å². The Morgan fingerprint density at radius 3 is 2.28 bits per heavy atom. The Kier molecular flexibility index (Phi) is 4.12. The van der Waals surface area contributed by atoms with E-state index in [4.69, 9.17) is 9.47 Å². The van der Waals surface area contributed by atoms with E-state index in [1.807, 2.05) is 13.0 Å². The zero-order chi connectivity index (χ0) is 13.1. The molecule has 0 unspecified atom stereocenters. The smallest absolute Gasteiger partial charge is 0.128 e. The summed E-state index contributed by atoms with van der Waals surface area (Å²) < 4.78 is 10.9. The molecule has 1 N–H and O–H groups in total. The van der Waals surface area contributed by atoms with Crippen LogP contribution in [-0.2, 0) is 0 Å². The highest BCUT2D eigenvalue weighted by Crippen LogP contribution is 2.41. The first-order valence-corrected chi connectivity index (χ1v) is 6.57. The molecule has 1 saturated carbocycles. The minimum atomic E-state index is -0.119. The third-order valence-corrected chi connectivity index (χ3v) is 3.95. The first kappa shape index (κ1) is 13.2. The average molecular weight is 250 g/mol. The Morgan fingerprint density at radius 1 is 1.06 bits per heavy atom. The molecular weight excluding hydrogens is 228 g/mol. The van der Waals surface area contributed by atoms with Gasteiger partial charge in [-0.1, -0.05) is 6.07 Å². The van der Waals surface area contributed by atoms with Crippen LogP contribution in [0.2, 0.25) is 0 Å². The van der Waals surface area contributed by atoms with E-state index in [0.717, 1.165) is 42.7 Å². The first-order valence-electron chi connectivity index (χ1n) is 6.57. The molecule has 2 rings (SSSR count). The number of aliphatic hydroxyl groups excluding tert-OH is 1. The Morgan fingerprint density at radius 2 is 1.72 bits per heavy atom. The molecule has 3 heteroatoms. The van der Waals surface area contributed by atoms with Crippen LogP contribution in [0.15, 0.2) is 12.1 Å². The molecule has 0 spiro atoms.